The van der Waals surface area contributed by atoms with Gasteiger partial charge in [0.2, 0.25) is 0 Å². The Morgan fingerprint density at radius 2 is 1.88 bits per heavy atom. The molecule has 3 heteroatoms. The highest BCUT2D eigenvalue weighted by atomic mass is 32.1. The lowest BCUT2D eigenvalue weighted by Crippen LogP contribution is -2.27. The molecule has 0 spiro atoms. The molecule has 0 aliphatic carbocycles. The molecule has 2 nitrogen and oxygen atoms in total. The molecule has 0 saturated heterocycles. The Morgan fingerprint density at radius 3 is 2.44 bits per heavy atom. The Labute approximate surface area is 104 Å². The number of hydrogen-bond acceptors (Lipinski definition) is 3. The van der Waals surface area contributed by atoms with E-state index in [-0.39, 0.29) is 0 Å². The number of anilines is 1. The van der Waals surface area contributed by atoms with E-state index in [2.05, 4.69) is 55.6 Å². The minimum atomic E-state index is 0.731. The van der Waals surface area contributed by atoms with Crippen LogP contribution in [0.4, 0.5) is 5.69 Å². The minimum absolute atomic E-state index is 0.731. The topological polar surface area (TPSA) is 12.5 Å². The first kappa shape index (κ1) is 13.4. The minimum Gasteiger partial charge on any atom is -0.379 e. The lowest BCUT2D eigenvalue weighted by atomic mass is 10.2. The molecule has 0 amide bonds. The van der Waals surface area contributed by atoms with E-state index in [9.17, 15) is 0 Å². The van der Waals surface area contributed by atoms with E-state index >= 15 is 0 Å². The van der Waals surface area contributed by atoms with Gasteiger partial charge in [-0.3, -0.25) is 0 Å². The van der Waals surface area contributed by atoms with Gasteiger partial charge in [0, 0.05) is 24.5 Å². The molecule has 0 heterocycles. The number of likely N-dealkylation sites (N-methyl/N-ethyl adjacent to an activating group) is 1. The fourth-order valence-corrected chi connectivity index (χ4v) is 1.70. The zero-order valence-corrected chi connectivity index (χ0v) is 11.0. The second-order valence-electron chi connectivity index (χ2n) is 3.75. The van der Waals surface area contributed by atoms with Crippen molar-refractivity contribution in [2.45, 2.75) is 13.8 Å². The smallest absolute Gasteiger partial charge is 0.0642 e. The highest BCUT2D eigenvalue weighted by Gasteiger charge is 2.02. The lowest BCUT2D eigenvalue weighted by Gasteiger charge is -2.23. The van der Waals surface area contributed by atoms with Crippen LogP contribution in [0, 0.1) is 6.92 Å². The van der Waals surface area contributed by atoms with Crippen LogP contribution in [0.2, 0.25) is 0 Å². The summed E-state index contributed by atoms with van der Waals surface area (Å²) in [6.07, 6.45) is 0. The number of ether oxygens (including phenoxy) is 1. The van der Waals surface area contributed by atoms with Crippen LogP contribution in [-0.2, 0) is 4.74 Å². The fourth-order valence-electron chi connectivity index (χ4n) is 1.57. The van der Waals surface area contributed by atoms with Crippen molar-refractivity contribution >= 4 is 18.3 Å². The van der Waals surface area contributed by atoms with Crippen LogP contribution in [0.15, 0.2) is 24.3 Å². The maximum Gasteiger partial charge on any atom is 0.0642 e. The van der Waals surface area contributed by atoms with Gasteiger partial charge in [0.15, 0.2) is 0 Å². The van der Waals surface area contributed by atoms with Gasteiger partial charge >= 0.3 is 0 Å². The molecule has 0 radical (unpaired) electrons. The van der Waals surface area contributed by atoms with Crippen LogP contribution in [-0.4, -0.2) is 32.1 Å². The van der Waals surface area contributed by atoms with Crippen molar-refractivity contribution in [3.8, 4) is 0 Å². The monoisotopic (exact) mass is 239 g/mol. The molecule has 0 aromatic heterocycles. The predicted octanol–water partition coefficient (Wildman–Crippen LogP) is 2.77. The van der Waals surface area contributed by atoms with Crippen LogP contribution in [0.25, 0.3) is 0 Å². The first-order chi connectivity index (χ1) is 7.77. The summed E-state index contributed by atoms with van der Waals surface area (Å²) in [5.41, 5.74) is 2.56. The molecule has 0 bridgehead atoms. The molecular formula is C13H21NOS. The molecule has 16 heavy (non-hydrogen) atoms. The van der Waals surface area contributed by atoms with Crippen molar-refractivity contribution in [1.82, 2.24) is 0 Å². The molecule has 0 aliphatic heterocycles. The largest absolute Gasteiger partial charge is 0.379 e. The molecule has 0 N–H and O–H groups in total. The van der Waals surface area contributed by atoms with Gasteiger partial charge in [-0.2, -0.15) is 12.6 Å². The maximum absolute atomic E-state index is 5.44. The fraction of sp³-hybridized carbons (Fsp3) is 0.538. The molecule has 90 valence electrons. The summed E-state index contributed by atoms with van der Waals surface area (Å²) in [4.78, 5) is 2.32. The van der Waals surface area contributed by atoms with Gasteiger partial charge in [0.05, 0.1) is 13.2 Å². The van der Waals surface area contributed by atoms with E-state index in [0.29, 0.717) is 0 Å². The number of hydrogen-bond donors (Lipinski definition) is 1. The molecule has 0 unspecified atom stereocenters. The van der Waals surface area contributed by atoms with Gasteiger partial charge in [0.25, 0.3) is 0 Å². The van der Waals surface area contributed by atoms with Gasteiger partial charge in [-0.05, 0) is 26.0 Å². The number of rotatable bonds is 7. The third kappa shape index (κ3) is 4.45. The van der Waals surface area contributed by atoms with Crippen molar-refractivity contribution in [3.63, 3.8) is 0 Å². The van der Waals surface area contributed by atoms with E-state index < -0.39 is 0 Å². The Hall–Kier alpha value is -0.670. The molecule has 1 rings (SSSR count). The third-order valence-corrected chi connectivity index (χ3v) is 2.70. The van der Waals surface area contributed by atoms with Crippen molar-refractivity contribution in [3.05, 3.63) is 29.8 Å². The number of benzene rings is 1. The maximum atomic E-state index is 5.44. The number of nitrogens with zero attached hydrogens (tertiary/aromatic N) is 1. The standard InChI is InChI=1S/C13H21NOS/c1-3-14(8-9-15-10-11-16)13-6-4-12(2)5-7-13/h4-7,16H,3,8-11H2,1-2H3. The predicted molar refractivity (Wildman–Crippen MR) is 73.7 cm³/mol. The van der Waals surface area contributed by atoms with Crippen molar-refractivity contribution in [2.75, 3.05) is 37.0 Å². The number of thiol groups is 1. The second-order valence-corrected chi connectivity index (χ2v) is 4.20. The molecular weight excluding hydrogens is 218 g/mol. The molecule has 1 aromatic carbocycles. The Balaban J connectivity index is 2.44. The van der Waals surface area contributed by atoms with Gasteiger partial charge in [-0.1, -0.05) is 17.7 Å². The van der Waals surface area contributed by atoms with E-state index in [1.807, 2.05) is 0 Å². The quantitative estimate of drug-likeness (QED) is 0.580. The van der Waals surface area contributed by atoms with Crippen molar-refractivity contribution in [1.29, 1.82) is 0 Å². The summed E-state index contributed by atoms with van der Waals surface area (Å²) >= 11 is 4.11. The van der Waals surface area contributed by atoms with Crippen LogP contribution >= 0.6 is 12.6 Å². The molecule has 0 atom stereocenters. The van der Waals surface area contributed by atoms with Gasteiger partial charge in [-0.15, -0.1) is 0 Å². The summed E-state index contributed by atoms with van der Waals surface area (Å²) < 4.78 is 5.44. The van der Waals surface area contributed by atoms with Gasteiger partial charge in [0.1, 0.15) is 0 Å². The van der Waals surface area contributed by atoms with Gasteiger partial charge in [-0.25, -0.2) is 0 Å². The Morgan fingerprint density at radius 1 is 1.19 bits per heavy atom. The summed E-state index contributed by atoms with van der Waals surface area (Å²) in [7, 11) is 0. The van der Waals surface area contributed by atoms with E-state index in [1.54, 1.807) is 0 Å². The second kappa shape index (κ2) is 7.58. The van der Waals surface area contributed by atoms with E-state index in [1.165, 1.54) is 11.3 Å². The Kier molecular flexibility index (Phi) is 6.34. The zero-order chi connectivity index (χ0) is 11.8. The van der Waals surface area contributed by atoms with Gasteiger partial charge < -0.3 is 9.64 Å². The summed E-state index contributed by atoms with van der Waals surface area (Å²) in [6, 6.07) is 8.62. The van der Waals surface area contributed by atoms with Crippen molar-refractivity contribution in [2.24, 2.45) is 0 Å². The highest BCUT2D eigenvalue weighted by Crippen LogP contribution is 2.14. The average molecular weight is 239 g/mol. The zero-order valence-electron chi connectivity index (χ0n) is 10.1. The SMILES string of the molecule is CCN(CCOCCS)c1ccc(C)cc1. The van der Waals surface area contributed by atoms with Crippen LogP contribution < -0.4 is 4.90 Å². The Bertz CT molecular complexity index is 286. The molecule has 0 fully saturated rings. The third-order valence-electron chi connectivity index (χ3n) is 2.52. The highest BCUT2D eigenvalue weighted by molar-refractivity contribution is 7.80. The van der Waals surface area contributed by atoms with Crippen LogP contribution in [0.3, 0.4) is 0 Å². The van der Waals surface area contributed by atoms with E-state index in [4.69, 9.17) is 4.74 Å². The molecule has 1 aromatic rings. The summed E-state index contributed by atoms with van der Waals surface area (Å²) in [5.74, 6) is 0.788. The first-order valence-corrected chi connectivity index (χ1v) is 6.41. The molecule has 0 aliphatic rings. The van der Waals surface area contributed by atoms with Crippen molar-refractivity contribution < 1.29 is 4.74 Å². The molecule has 0 saturated carbocycles. The summed E-state index contributed by atoms with van der Waals surface area (Å²) in [5, 5.41) is 0. The van der Waals surface area contributed by atoms with Crippen LogP contribution in [0.5, 0.6) is 0 Å². The van der Waals surface area contributed by atoms with Crippen LogP contribution in [0.1, 0.15) is 12.5 Å². The average Bonchev–Trinajstić information content (AvgIpc) is 2.31. The van der Waals surface area contributed by atoms with E-state index in [0.717, 1.165) is 32.1 Å². The number of aryl methyl sites for hydroxylation is 1. The normalized spacial score (nSPS) is 10.4. The summed E-state index contributed by atoms with van der Waals surface area (Å²) in [6.45, 7) is 7.71. The first-order valence-electron chi connectivity index (χ1n) is 5.78. The lowest BCUT2D eigenvalue weighted by molar-refractivity contribution is 0.156.